The van der Waals surface area contributed by atoms with Gasteiger partial charge in [0.15, 0.2) is 0 Å². The number of non-ortho nitro benzene ring substituents is 1. The number of halogens is 1. The number of benzene rings is 2. The highest BCUT2D eigenvalue weighted by Gasteiger charge is 2.05. The van der Waals surface area contributed by atoms with Crippen LogP contribution in [-0.4, -0.2) is 9.91 Å². The molecule has 1 heterocycles. The standard InChI is InChI=1S/C16H9ClN2O4/c17-11-4-7-14-13(9-11)16(20)23-15(18-14)8-3-10-1-5-12(6-2-10)19(21)22/h1-9H. The Kier molecular flexibility index (Phi) is 3.91. The SMILES string of the molecule is O=c1oc(C=Cc2ccc([N+](=O)[O-])cc2)nc2ccc(Cl)cc12. The summed E-state index contributed by atoms with van der Waals surface area (Å²) in [4.78, 5) is 26.3. The van der Waals surface area contributed by atoms with Gasteiger partial charge in [0, 0.05) is 23.2 Å². The second kappa shape index (κ2) is 6.02. The van der Waals surface area contributed by atoms with Crippen LogP contribution in [0.5, 0.6) is 0 Å². The van der Waals surface area contributed by atoms with Gasteiger partial charge in [-0.05, 0) is 42.0 Å². The molecule has 1 aromatic heterocycles. The van der Waals surface area contributed by atoms with Gasteiger partial charge in [0.25, 0.3) is 5.69 Å². The number of hydrogen-bond donors (Lipinski definition) is 0. The van der Waals surface area contributed by atoms with Crippen molar-refractivity contribution in [1.82, 2.24) is 4.98 Å². The Morgan fingerprint density at radius 1 is 1.13 bits per heavy atom. The smallest absolute Gasteiger partial charge is 0.347 e. The summed E-state index contributed by atoms with van der Waals surface area (Å²) >= 11 is 5.84. The van der Waals surface area contributed by atoms with E-state index in [4.69, 9.17) is 16.0 Å². The normalized spacial score (nSPS) is 11.2. The molecule has 0 saturated heterocycles. The average Bonchev–Trinajstić information content (AvgIpc) is 2.54. The quantitative estimate of drug-likeness (QED) is 0.537. The molecule has 0 bridgehead atoms. The molecule has 114 valence electrons. The van der Waals surface area contributed by atoms with Crippen LogP contribution in [0.25, 0.3) is 23.1 Å². The van der Waals surface area contributed by atoms with E-state index in [2.05, 4.69) is 4.98 Å². The largest absolute Gasteiger partial charge is 0.404 e. The lowest BCUT2D eigenvalue weighted by molar-refractivity contribution is -0.384. The number of fused-ring (bicyclic) bond motifs is 1. The maximum atomic E-state index is 11.9. The zero-order valence-electron chi connectivity index (χ0n) is 11.6. The molecule has 0 aliphatic rings. The summed E-state index contributed by atoms with van der Waals surface area (Å²) < 4.78 is 5.11. The second-order valence-corrected chi connectivity index (χ2v) is 5.12. The third kappa shape index (κ3) is 3.27. The minimum Gasteiger partial charge on any atom is -0.404 e. The molecule has 0 fully saturated rings. The van der Waals surface area contributed by atoms with Crippen molar-refractivity contribution in [2.45, 2.75) is 0 Å². The van der Waals surface area contributed by atoms with E-state index in [1.165, 1.54) is 24.3 Å². The predicted molar refractivity (Wildman–Crippen MR) is 87.3 cm³/mol. The zero-order chi connectivity index (χ0) is 16.4. The Morgan fingerprint density at radius 3 is 2.57 bits per heavy atom. The van der Waals surface area contributed by atoms with Crippen LogP contribution in [0.3, 0.4) is 0 Å². The Hall–Kier alpha value is -2.99. The van der Waals surface area contributed by atoms with Gasteiger partial charge < -0.3 is 4.42 Å². The molecule has 0 atom stereocenters. The van der Waals surface area contributed by atoms with Gasteiger partial charge in [0.05, 0.1) is 15.8 Å². The van der Waals surface area contributed by atoms with E-state index in [1.54, 1.807) is 30.3 Å². The van der Waals surface area contributed by atoms with Crippen LogP contribution in [0.2, 0.25) is 5.02 Å². The van der Waals surface area contributed by atoms with Crippen molar-refractivity contribution in [3.05, 3.63) is 79.5 Å². The van der Waals surface area contributed by atoms with Crippen LogP contribution in [-0.2, 0) is 0 Å². The third-order valence-electron chi connectivity index (χ3n) is 3.13. The molecule has 3 rings (SSSR count). The molecule has 0 unspecified atom stereocenters. The minimum absolute atomic E-state index is 0.00870. The van der Waals surface area contributed by atoms with Gasteiger partial charge in [-0.1, -0.05) is 11.6 Å². The van der Waals surface area contributed by atoms with Gasteiger partial charge in [-0.25, -0.2) is 9.78 Å². The molecule has 2 aromatic carbocycles. The molecule has 0 N–H and O–H groups in total. The highest BCUT2D eigenvalue weighted by atomic mass is 35.5. The molecule has 23 heavy (non-hydrogen) atoms. The van der Waals surface area contributed by atoms with Crippen molar-refractivity contribution in [3.8, 4) is 0 Å². The monoisotopic (exact) mass is 328 g/mol. The number of rotatable bonds is 3. The lowest BCUT2D eigenvalue weighted by atomic mass is 10.2. The molecule has 0 saturated carbocycles. The van der Waals surface area contributed by atoms with Crippen LogP contribution < -0.4 is 5.63 Å². The number of aromatic nitrogens is 1. The molecule has 0 spiro atoms. The van der Waals surface area contributed by atoms with Crippen LogP contribution in [0.15, 0.2) is 51.7 Å². The summed E-state index contributed by atoms with van der Waals surface area (Å²) in [6, 6.07) is 10.7. The van der Waals surface area contributed by atoms with Crippen molar-refractivity contribution in [1.29, 1.82) is 0 Å². The average molecular weight is 329 g/mol. The molecule has 0 amide bonds. The van der Waals surface area contributed by atoms with Gasteiger partial charge in [-0.2, -0.15) is 0 Å². The number of nitro groups is 1. The second-order valence-electron chi connectivity index (χ2n) is 4.68. The minimum atomic E-state index is -0.527. The van der Waals surface area contributed by atoms with Crippen LogP contribution in [0.1, 0.15) is 11.5 Å². The lowest BCUT2D eigenvalue weighted by Crippen LogP contribution is -2.02. The molecule has 0 aliphatic carbocycles. The fourth-order valence-electron chi connectivity index (χ4n) is 2.01. The van der Waals surface area contributed by atoms with Crippen molar-refractivity contribution in [2.75, 3.05) is 0 Å². The van der Waals surface area contributed by atoms with Crippen molar-refractivity contribution < 1.29 is 9.34 Å². The van der Waals surface area contributed by atoms with Crippen LogP contribution >= 0.6 is 11.6 Å². The fraction of sp³-hybridized carbons (Fsp3) is 0. The zero-order valence-corrected chi connectivity index (χ0v) is 12.4. The van der Waals surface area contributed by atoms with Gasteiger partial charge in [-0.3, -0.25) is 10.1 Å². The predicted octanol–water partition coefficient (Wildman–Crippen LogP) is 3.92. The van der Waals surface area contributed by atoms with E-state index >= 15 is 0 Å². The van der Waals surface area contributed by atoms with Crippen molar-refractivity contribution >= 4 is 40.3 Å². The van der Waals surface area contributed by atoms with E-state index in [1.807, 2.05) is 0 Å². The van der Waals surface area contributed by atoms with Crippen LogP contribution in [0, 0.1) is 10.1 Å². The van der Waals surface area contributed by atoms with E-state index in [0.29, 0.717) is 15.9 Å². The van der Waals surface area contributed by atoms with Gasteiger partial charge in [0.2, 0.25) is 5.89 Å². The van der Waals surface area contributed by atoms with Crippen molar-refractivity contribution in [2.24, 2.45) is 0 Å². The molecular formula is C16H9ClN2O4. The highest BCUT2D eigenvalue weighted by molar-refractivity contribution is 6.31. The Balaban J connectivity index is 1.93. The van der Waals surface area contributed by atoms with Crippen molar-refractivity contribution in [3.63, 3.8) is 0 Å². The van der Waals surface area contributed by atoms with E-state index < -0.39 is 10.5 Å². The lowest BCUT2D eigenvalue weighted by Gasteiger charge is -1.98. The Morgan fingerprint density at radius 2 is 1.87 bits per heavy atom. The summed E-state index contributed by atoms with van der Waals surface area (Å²) in [6.07, 6.45) is 3.17. The van der Waals surface area contributed by atoms with E-state index in [0.717, 1.165) is 5.56 Å². The summed E-state index contributed by atoms with van der Waals surface area (Å²) in [5.41, 5.74) is 0.681. The summed E-state index contributed by atoms with van der Waals surface area (Å²) in [5, 5.41) is 11.3. The van der Waals surface area contributed by atoms with Gasteiger partial charge in [-0.15, -0.1) is 0 Å². The first-order chi connectivity index (χ1) is 11.0. The topological polar surface area (TPSA) is 86.2 Å². The first-order valence-corrected chi connectivity index (χ1v) is 6.94. The summed E-state index contributed by atoms with van der Waals surface area (Å²) in [7, 11) is 0. The van der Waals surface area contributed by atoms with E-state index in [-0.39, 0.29) is 11.6 Å². The third-order valence-corrected chi connectivity index (χ3v) is 3.36. The molecule has 3 aromatic rings. The number of nitro benzene ring substituents is 1. The maximum Gasteiger partial charge on any atom is 0.347 e. The summed E-state index contributed by atoms with van der Waals surface area (Å²) in [6.45, 7) is 0. The fourth-order valence-corrected chi connectivity index (χ4v) is 2.18. The van der Waals surface area contributed by atoms with Gasteiger partial charge in [0.1, 0.15) is 0 Å². The molecule has 7 heteroatoms. The molecule has 0 aliphatic heterocycles. The molecular weight excluding hydrogens is 320 g/mol. The summed E-state index contributed by atoms with van der Waals surface area (Å²) in [5.74, 6) is 0.142. The van der Waals surface area contributed by atoms with Crippen LogP contribution in [0.4, 0.5) is 5.69 Å². The maximum absolute atomic E-state index is 11.9. The highest BCUT2D eigenvalue weighted by Crippen LogP contribution is 2.17. The number of nitrogens with zero attached hydrogens (tertiary/aromatic N) is 2. The first-order valence-electron chi connectivity index (χ1n) is 6.56. The Labute approximate surface area is 134 Å². The molecule has 6 nitrogen and oxygen atoms in total. The molecule has 0 radical (unpaired) electrons. The Bertz CT molecular complexity index is 978. The van der Waals surface area contributed by atoms with E-state index in [9.17, 15) is 14.9 Å². The van der Waals surface area contributed by atoms with Gasteiger partial charge >= 0.3 is 5.63 Å². The first kappa shape index (κ1) is 14.9. The number of hydrogen-bond acceptors (Lipinski definition) is 5.